The summed E-state index contributed by atoms with van der Waals surface area (Å²) in [6.07, 6.45) is -5.10. The fourth-order valence-corrected chi connectivity index (χ4v) is 6.65. The van der Waals surface area contributed by atoms with Crippen molar-refractivity contribution < 1.29 is 44.7 Å². The van der Waals surface area contributed by atoms with Crippen molar-refractivity contribution in [2.75, 3.05) is 25.0 Å². The molecular formula is C22H25ClF5N3O5S. The van der Waals surface area contributed by atoms with E-state index in [2.05, 4.69) is 15.4 Å². The van der Waals surface area contributed by atoms with Crippen LogP contribution in [0.25, 0.3) is 0 Å². The summed E-state index contributed by atoms with van der Waals surface area (Å²) in [5, 5.41) is 3.14. The maximum atomic E-state index is 13.5. The zero-order valence-corrected chi connectivity index (χ0v) is 21.2. The number of benzene rings is 1. The van der Waals surface area contributed by atoms with Crippen LogP contribution in [0.2, 0.25) is 5.02 Å². The van der Waals surface area contributed by atoms with Crippen LogP contribution in [0.3, 0.4) is 0 Å². The number of amides is 2. The van der Waals surface area contributed by atoms with Gasteiger partial charge in [-0.15, -0.1) is 0 Å². The Morgan fingerprint density at radius 2 is 1.84 bits per heavy atom. The number of urea groups is 1. The van der Waals surface area contributed by atoms with Gasteiger partial charge in [-0.2, -0.15) is 13.2 Å². The van der Waals surface area contributed by atoms with E-state index in [9.17, 15) is 40.0 Å². The number of alkyl halides is 5. The van der Waals surface area contributed by atoms with Crippen LogP contribution in [0, 0.1) is 0 Å². The van der Waals surface area contributed by atoms with Gasteiger partial charge in [0, 0.05) is 0 Å². The SMILES string of the molecule is CC1=CCC[C@H]1NC(=O)Nc1ccc(Cl)c(S(=O)(=O)C2CCN(CC(F)F)CC2)c1OC(=O)C(F)(F)F. The highest BCUT2D eigenvalue weighted by molar-refractivity contribution is 7.92. The highest BCUT2D eigenvalue weighted by Crippen LogP contribution is 2.42. The second-order valence-corrected chi connectivity index (χ2v) is 11.3. The summed E-state index contributed by atoms with van der Waals surface area (Å²) in [7, 11) is -4.53. The van der Waals surface area contributed by atoms with E-state index >= 15 is 0 Å². The van der Waals surface area contributed by atoms with Crippen LogP contribution in [0.4, 0.5) is 32.4 Å². The lowest BCUT2D eigenvalue weighted by molar-refractivity contribution is -0.189. The van der Waals surface area contributed by atoms with Crippen LogP contribution in [-0.2, 0) is 14.6 Å². The Balaban J connectivity index is 1.95. The molecule has 1 aromatic rings. The fourth-order valence-electron chi connectivity index (χ4n) is 4.27. The highest BCUT2D eigenvalue weighted by Gasteiger charge is 2.44. The third kappa shape index (κ3) is 7.11. The number of piperidine rings is 1. The van der Waals surface area contributed by atoms with E-state index in [1.54, 1.807) is 6.92 Å². The molecule has 2 amide bonds. The number of hydrogen-bond acceptors (Lipinski definition) is 6. The number of carbonyl (C=O) groups excluding carboxylic acids is 2. The van der Waals surface area contributed by atoms with E-state index < -0.39 is 67.6 Å². The second kappa shape index (κ2) is 11.5. The van der Waals surface area contributed by atoms with Gasteiger partial charge in [-0.1, -0.05) is 23.3 Å². The molecule has 1 aliphatic carbocycles. The summed E-state index contributed by atoms with van der Waals surface area (Å²) < 4.78 is 95.9. The topological polar surface area (TPSA) is 105 Å². The molecule has 1 saturated heterocycles. The van der Waals surface area contributed by atoms with Crippen molar-refractivity contribution >= 4 is 39.1 Å². The second-order valence-electron chi connectivity index (χ2n) is 8.75. The number of anilines is 1. The molecule has 15 heteroatoms. The fraction of sp³-hybridized carbons (Fsp3) is 0.545. The van der Waals surface area contributed by atoms with Crippen molar-refractivity contribution in [2.45, 2.75) is 61.4 Å². The molecule has 1 heterocycles. The molecule has 0 saturated carbocycles. The molecule has 1 aliphatic heterocycles. The summed E-state index contributed by atoms with van der Waals surface area (Å²) in [5.74, 6) is -3.78. The van der Waals surface area contributed by atoms with Gasteiger partial charge in [0.15, 0.2) is 15.6 Å². The van der Waals surface area contributed by atoms with Crippen molar-refractivity contribution in [1.82, 2.24) is 10.2 Å². The number of halogens is 6. The zero-order chi connectivity index (χ0) is 27.5. The average Bonchev–Trinajstić information content (AvgIpc) is 3.18. The van der Waals surface area contributed by atoms with Crippen LogP contribution in [0.15, 0.2) is 28.7 Å². The van der Waals surface area contributed by atoms with Gasteiger partial charge in [0.2, 0.25) is 0 Å². The molecule has 0 radical (unpaired) electrons. The van der Waals surface area contributed by atoms with Gasteiger partial charge < -0.3 is 15.4 Å². The molecule has 0 unspecified atom stereocenters. The Kier molecular flexibility index (Phi) is 9.06. The molecule has 0 spiro atoms. The van der Waals surface area contributed by atoms with Gasteiger partial charge in [-0.25, -0.2) is 26.8 Å². The average molecular weight is 574 g/mol. The molecule has 1 fully saturated rings. The van der Waals surface area contributed by atoms with Crippen molar-refractivity contribution in [3.05, 3.63) is 28.8 Å². The molecule has 2 aliphatic rings. The van der Waals surface area contributed by atoms with Gasteiger partial charge >= 0.3 is 18.2 Å². The Morgan fingerprint density at radius 3 is 2.38 bits per heavy atom. The Bertz CT molecular complexity index is 1170. The molecule has 2 N–H and O–H groups in total. The van der Waals surface area contributed by atoms with E-state index in [0.717, 1.165) is 17.7 Å². The van der Waals surface area contributed by atoms with Crippen LogP contribution in [-0.4, -0.2) is 68.8 Å². The standard InChI is InChI=1S/C22H25ClF5N3O5S/c1-12-3-2-4-15(12)29-21(33)30-16-6-5-14(23)19(18(16)36-20(32)22(26,27)28)37(34,35)13-7-9-31(10-8-13)11-17(24)25/h3,5-6,13,15,17H,2,4,7-11H2,1H3,(H2,29,30,33)/t15-/m1/s1. The van der Waals surface area contributed by atoms with Gasteiger partial charge in [0.1, 0.15) is 4.90 Å². The van der Waals surface area contributed by atoms with Crippen molar-refractivity contribution in [2.24, 2.45) is 0 Å². The molecule has 37 heavy (non-hydrogen) atoms. The number of carbonyl (C=O) groups is 2. The smallest absolute Gasteiger partial charge is 0.416 e. The highest BCUT2D eigenvalue weighted by atomic mass is 35.5. The van der Waals surface area contributed by atoms with E-state index in [1.807, 2.05) is 6.08 Å². The van der Waals surface area contributed by atoms with E-state index in [-0.39, 0.29) is 32.0 Å². The van der Waals surface area contributed by atoms with Crippen molar-refractivity contribution in [3.8, 4) is 5.75 Å². The number of ether oxygens (including phenoxy) is 1. The summed E-state index contributed by atoms with van der Waals surface area (Å²) in [6.45, 7) is 1.23. The predicted molar refractivity (Wildman–Crippen MR) is 125 cm³/mol. The first kappa shape index (κ1) is 29.1. The minimum atomic E-state index is -5.48. The third-order valence-electron chi connectivity index (χ3n) is 6.17. The van der Waals surface area contributed by atoms with Gasteiger partial charge in [0.25, 0.3) is 6.43 Å². The van der Waals surface area contributed by atoms with Crippen molar-refractivity contribution in [3.63, 3.8) is 0 Å². The molecule has 0 bridgehead atoms. The number of allylic oxidation sites excluding steroid dienone is 1. The third-order valence-corrected chi connectivity index (χ3v) is 8.92. The number of nitrogens with one attached hydrogen (secondary N) is 2. The molecule has 0 aromatic heterocycles. The molecule has 3 rings (SSSR count). The molecule has 206 valence electrons. The molecular weight excluding hydrogens is 549 g/mol. The first-order chi connectivity index (χ1) is 17.2. The van der Waals surface area contributed by atoms with Crippen molar-refractivity contribution in [1.29, 1.82) is 0 Å². The van der Waals surface area contributed by atoms with Crippen LogP contribution in [0.5, 0.6) is 5.75 Å². The van der Waals surface area contributed by atoms with E-state index in [4.69, 9.17) is 11.6 Å². The number of esters is 1. The quantitative estimate of drug-likeness (QED) is 0.215. The van der Waals surface area contributed by atoms with E-state index in [1.165, 1.54) is 4.90 Å². The predicted octanol–water partition coefficient (Wildman–Crippen LogP) is 4.54. The minimum Gasteiger partial charge on any atom is -0.416 e. The Labute approximate surface area is 215 Å². The zero-order valence-electron chi connectivity index (χ0n) is 19.6. The lowest BCUT2D eigenvalue weighted by Crippen LogP contribution is -2.41. The largest absolute Gasteiger partial charge is 0.491 e. The first-order valence-electron chi connectivity index (χ1n) is 11.3. The first-order valence-corrected chi connectivity index (χ1v) is 13.2. The normalized spacial score (nSPS) is 19.6. The molecule has 1 aromatic carbocycles. The lowest BCUT2D eigenvalue weighted by atomic mass is 10.1. The van der Waals surface area contributed by atoms with Crippen LogP contribution >= 0.6 is 11.6 Å². The monoisotopic (exact) mass is 573 g/mol. The van der Waals surface area contributed by atoms with E-state index in [0.29, 0.717) is 12.8 Å². The Hall–Kier alpha value is -2.45. The number of sulfone groups is 1. The minimum absolute atomic E-state index is 0.00185. The van der Waals surface area contributed by atoms with Crippen LogP contribution < -0.4 is 15.4 Å². The lowest BCUT2D eigenvalue weighted by Gasteiger charge is -2.31. The maximum Gasteiger partial charge on any atom is 0.491 e. The number of rotatable bonds is 7. The summed E-state index contributed by atoms with van der Waals surface area (Å²) in [5.41, 5.74) is 0.351. The summed E-state index contributed by atoms with van der Waals surface area (Å²) in [6, 6.07) is 0.856. The maximum absolute atomic E-state index is 13.5. The Morgan fingerprint density at radius 1 is 1.19 bits per heavy atom. The number of likely N-dealkylation sites (tertiary alicyclic amines) is 1. The number of nitrogens with zero attached hydrogens (tertiary/aromatic N) is 1. The van der Waals surface area contributed by atoms with Gasteiger partial charge in [0.05, 0.1) is 28.5 Å². The molecule has 1 atom stereocenters. The van der Waals surface area contributed by atoms with Gasteiger partial charge in [-0.3, -0.25) is 4.90 Å². The summed E-state index contributed by atoms with van der Waals surface area (Å²) in [4.78, 5) is 24.7. The van der Waals surface area contributed by atoms with Crippen LogP contribution in [0.1, 0.15) is 32.6 Å². The summed E-state index contributed by atoms with van der Waals surface area (Å²) >= 11 is 6.10. The van der Waals surface area contributed by atoms with Gasteiger partial charge in [-0.05, 0) is 57.8 Å². The number of hydrogen-bond donors (Lipinski definition) is 2. The molecule has 8 nitrogen and oxygen atoms in total.